The minimum atomic E-state index is -3.47. The molecule has 0 bridgehead atoms. The summed E-state index contributed by atoms with van der Waals surface area (Å²) in [7, 11) is -3.47. The molecule has 0 saturated heterocycles. The minimum Gasteiger partial charge on any atom is -0.330 e. The average molecular weight is 304 g/mol. The molecule has 0 amide bonds. The molecule has 0 heterocycles. The van der Waals surface area contributed by atoms with Gasteiger partial charge in [-0.25, -0.2) is 13.1 Å². The second-order valence-corrected chi connectivity index (χ2v) is 6.76. The van der Waals surface area contributed by atoms with Gasteiger partial charge in [-0.3, -0.25) is 0 Å². The fraction of sp³-hybridized carbons (Fsp3) is 0.250. The monoisotopic (exact) mass is 304 g/mol. The van der Waals surface area contributed by atoms with Crippen LogP contribution in [0.1, 0.15) is 16.7 Å². The zero-order valence-corrected chi connectivity index (χ0v) is 12.9. The van der Waals surface area contributed by atoms with Crippen molar-refractivity contribution >= 4 is 10.0 Å². The summed E-state index contributed by atoms with van der Waals surface area (Å²) in [6.45, 7) is 2.81. The summed E-state index contributed by atoms with van der Waals surface area (Å²) >= 11 is 0. The van der Waals surface area contributed by atoms with E-state index in [1.165, 1.54) is 0 Å². The summed E-state index contributed by atoms with van der Waals surface area (Å²) in [6.07, 6.45) is 0.829. The van der Waals surface area contributed by atoms with Crippen molar-refractivity contribution < 1.29 is 8.42 Å². The molecule has 0 aliphatic heterocycles. The zero-order valence-electron chi connectivity index (χ0n) is 12.0. The van der Waals surface area contributed by atoms with Crippen molar-refractivity contribution in [1.29, 1.82) is 0 Å². The molecule has 0 radical (unpaired) electrons. The first kappa shape index (κ1) is 15.7. The van der Waals surface area contributed by atoms with E-state index in [4.69, 9.17) is 5.73 Å². The largest absolute Gasteiger partial charge is 0.330 e. The van der Waals surface area contributed by atoms with Crippen LogP contribution in [0.25, 0.3) is 0 Å². The molecule has 0 spiro atoms. The van der Waals surface area contributed by atoms with Crippen molar-refractivity contribution in [3.63, 3.8) is 0 Å². The van der Waals surface area contributed by atoms with Crippen molar-refractivity contribution in [3.05, 3.63) is 65.2 Å². The van der Waals surface area contributed by atoms with E-state index in [9.17, 15) is 8.42 Å². The lowest BCUT2D eigenvalue weighted by Gasteiger charge is -2.08. The molecular weight excluding hydrogens is 284 g/mol. The summed E-state index contributed by atoms with van der Waals surface area (Å²) in [4.78, 5) is 0.285. The molecular formula is C16H20N2O2S. The Morgan fingerprint density at radius 1 is 0.952 bits per heavy atom. The van der Waals surface area contributed by atoms with Crippen LogP contribution in [0.4, 0.5) is 0 Å². The Morgan fingerprint density at radius 3 is 2.10 bits per heavy atom. The zero-order chi connectivity index (χ0) is 15.3. The van der Waals surface area contributed by atoms with Gasteiger partial charge in [-0.1, -0.05) is 42.0 Å². The molecule has 5 heteroatoms. The van der Waals surface area contributed by atoms with E-state index >= 15 is 0 Å². The molecule has 2 rings (SSSR count). The van der Waals surface area contributed by atoms with Crippen molar-refractivity contribution in [1.82, 2.24) is 4.72 Å². The Balaban J connectivity index is 2.02. The second kappa shape index (κ2) is 6.85. The van der Waals surface area contributed by atoms with Gasteiger partial charge in [-0.2, -0.15) is 0 Å². The summed E-state index contributed by atoms with van der Waals surface area (Å²) in [6, 6.07) is 14.6. The van der Waals surface area contributed by atoms with Gasteiger partial charge in [0.05, 0.1) is 4.90 Å². The van der Waals surface area contributed by atoms with Gasteiger partial charge in [0.25, 0.3) is 0 Å². The standard InChI is InChI=1S/C16H20N2O2S/c1-13-2-8-16(9-3-13)21(19,20)18-12-15-6-4-14(5-7-15)10-11-17/h2-9,18H,10-12,17H2,1H3. The molecule has 2 aromatic rings. The summed E-state index contributed by atoms with van der Waals surface area (Å²) in [5.41, 5.74) is 8.61. The minimum absolute atomic E-state index is 0.277. The van der Waals surface area contributed by atoms with Gasteiger partial charge in [-0.15, -0.1) is 0 Å². The highest BCUT2D eigenvalue weighted by Crippen LogP contribution is 2.11. The first-order valence-electron chi connectivity index (χ1n) is 6.85. The van der Waals surface area contributed by atoms with Crippen LogP contribution in [0, 0.1) is 6.92 Å². The van der Waals surface area contributed by atoms with Gasteiger partial charge in [0.1, 0.15) is 0 Å². The van der Waals surface area contributed by atoms with Crippen molar-refractivity contribution in [2.75, 3.05) is 6.54 Å². The average Bonchev–Trinajstić information content (AvgIpc) is 2.47. The van der Waals surface area contributed by atoms with E-state index in [1.54, 1.807) is 24.3 Å². The maximum atomic E-state index is 12.2. The highest BCUT2D eigenvalue weighted by molar-refractivity contribution is 7.89. The van der Waals surface area contributed by atoms with E-state index in [2.05, 4.69) is 4.72 Å². The van der Waals surface area contributed by atoms with Crippen LogP contribution in [-0.2, 0) is 23.0 Å². The molecule has 0 fully saturated rings. The molecule has 2 aromatic carbocycles. The molecule has 0 atom stereocenters. The highest BCUT2D eigenvalue weighted by atomic mass is 32.2. The lowest BCUT2D eigenvalue weighted by Crippen LogP contribution is -2.23. The van der Waals surface area contributed by atoms with Gasteiger partial charge in [0.2, 0.25) is 10.0 Å². The lowest BCUT2D eigenvalue weighted by molar-refractivity contribution is 0.581. The Kier molecular flexibility index (Phi) is 5.12. The van der Waals surface area contributed by atoms with Gasteiger partial charge in [-0.05, 0) is 43.1 Å². The number of nitrogens with two attached hydrogens (primary N) is 1. The van der Waals surface area contributed by atoms with Crippen LogP contribution in [0.15, 0.2) is 53.4 Å². The maximum absolute atomic E-state index is 12.2. The quantitative estimate of drug-likeness (QED) is 0.857. The third-order valence-corrected chi connectivity index (χ3v) is 4.67. The van der Waals surface area contributed by atoms with Crippen LogP contribution < -0.4 is 10.5 Å². The van der Waals surface area contributed by atoms with Crippen LogP contribution in [0.2, 0.25) is 0 Å². The second-order valence-electron chi connectivity index (χ2n) is 4.99. The molecule has 0 saturated carbocycles. The van der Waals surface area contributed by atoms with E-state index in [0.29, 0.717) is 6.54 Å². The Morgan fingerprint density at radius 2 is 1.52 bits per heavy atom. The Labute approximate surface area is 126 Å². The Hall–Kier alpha value is -1.69. The lowest BCUT2D eigenvalue weighted by atomic mass is 10.1. The van der Waals surface area contributed by atoms with Crippen molar-refractivity contribution in [2.24, 2.45) is 5.73 Å². The van der Waals surface area contributed by atoms with Crippen molar-refractivity contribution in [3.8, 4) is 0 Å². The molecule has 21 heavy (non-hydrogen) atoms. The van der Waals surface area contributed by atoms with Crippen LogP contribution in [0.5, 0.6) is 0 Å². The summed E-state index contributed by atoms with van der Waals surface area (Å²) < 4.78 is 26.9. The van der Waals surface area contributed by atoms with Gasteiger partial charge >= 0.3 is 0 Å². The molecule has 0 aliphatic carbocycles. The molecule has 0 aromatic heterocycles. The topological polar surface area (TPSA) is 72.2 Å². The fourth-order valence-electron chi connectivity index (χ4n) is 1.97. The van der Waals surface area contributed by atoms with E-state index < -0.39 is 10.0 Å². The van der Waals surface area contributed by atoms with Crippen molar-refractivity contribution in [2.45, 2.75) is 24.8 Å². The number of rotatable bonds is 6. The predicted octanol–water partition coefficient (Wildman–Crippen LogP) is 1.97. The number of sulfonamides is 1. The van der Waals surface area contributed by atoms with Crippen LogP contribution in [0.3, 0.4) is 0 Å². The number of hydrogen-bond donors (Lipinski definition) is 2. The van der Waals surface area contributed by atoms with Crippen LogP contribution in [-0.4, -0.2) is 15.0 Å². The third kappa shape index (κ3) is 4.39. The molecule has 4 nitrogen and oxygen atoms in total. The number of nitrogens with one attached hydrogen (secondary N) is 1. The van der Waals surface area contributed by atoms with Gasteiger partial charge in [0, 0.05) is 6.54 Å². The number of hydrogen-bond acceptors (Lipinski definition) is 3. The maximum Gasteiger partial charge on any atom is 0.240 e. The molecule has 3 N–H and O–H groups in total. The van der Waals surface area contributed by atoms with Gasteiger partial charge < -0.3 is 5.73 Å². The highest BCUT2D eigenvalue weighted by Gasteiger charge is 2.12. The SMILES string of the molecule is Cc1ccc(S(=O)(=O)NCc2ccc(CCN)cc2)cc1. The summed E-state index contributed by atoms with van der Waals surface area (Å²) in [5, 5.41) is 0. The first-order chi connectivity index (χ1) is 10.0. The number of benzene rings is 2. The Bertz CT molecular complexity index is 677. The van der Waals surface area contributed by atoms with E-state index in [0.717, 1.165) is 23.1 Å². The predicted molar refractivity (Wildman–Crippen MR) is 84.4 cm³/mol. The normalized spacial score (nSPS) is 11.5. The smallest absolute Gasteiger partial charge is 0.240 e. The first-order valence-corrected chi connectivity index (χ1v) is 8.34. The molecule has 112 valence electrons. The summed E-state index contributed by atoms with van der Waals surface area (Å²) in [5.74, 6) is 0. The molecule has 0 unspecified atom stereocenters. The fourth-order valence-corrected chi connectivity index (χ4v) is 2.99. The number of aryl methyl sites for hydroxylation is 1. The van der Waals surface area contributed by atoms with E-state index in [1.807, 2.05) is 31.2 Å². The van der Waals surface area contributed by atoms with Crippen LogP contribution >= 0.6 is 0 Å². The van der Waals surface area contributed by atoms with Gasteiger partial charge in [0.15, 0.2) is 0 Å². The molecule has 0 aliphatic rings. The third-order valence-electron chi connectivity index (χ3n) is 3.25. The van der Waals surface area contributed by atoms with E-state index in [-0.39, 0.29) is 11.4 Å².